The van der Waals surface area contributed by atoms with Crippen molar-refractivity contribution in [3.63, 3.8) is 0 Å². The number of carboxylic acids is 1. The van der Waals surface area contributed by atoms with E-state index >= 15 is 0 Å². The van der Waals surface area contributed by atoms with Gasteiger partial charge in [-0.1, -0.05) is 77.8 Å². The Hall–Kier alpha value is -5.68. The van der Waals surface area contributed by atoms with Gasteiger partial charge in [0.25, 0.3) is 0 Å². The number of aromatic hydroxyl groups is 1. The monoisotopic (exact) mass is 1140 g/mol. The Morgan fingerprint density at radius 2 is 1.35 bits per heavy atom. The van der Waals surface area contributed by atoms with E-state index in [2.05, 4.69) is 47.4 Å². The fourth-order valence-electron chi connectivity index (χ4n) is 10.1. The molecular weight excluding hydrogens is 1060 g/mol. The molecule has 3 aliphatic rings. The van der Waals surface area contributed by atoms with Crippen molar-refractivity contribution in [2.45, 2.75) is 202 Å². The Labute approximate surface area is 463 Å². The number of aliphatic hydroxyl groups is 7. The van der Waals surface area contributed by atoms with Gasteiger partial charge in [0.2, 0.25) is 47.3 Å². The normalized spacial score (nSPS) is 28.1. The van der Waals surface area contributed by atoms with Crippen molar-refractivity contribution in [1.82, 2.24) is 36.4 Å². The van der Waals surface area contributed by atoms with Gasteiger partial charge in [-0.2, -0.15) is 0 Å². The SMILES string of the molecule is CCC(C)CC(C)CCCCCCCCC(=O)N[C@H]1C[C@@H](O)[C@@H](SCC(=O)O)NC(=O)[C@@H]2[C@@H](O)CCN2C(=O)[C@H]([C@H](O)CC(N)=O)NC(=O)[C@H]([C@H](O)[C@@H](O)c2ccc(O)cc2)NC(=O)[C@@H]2C[C@@H](O)CN2C(=O)[C@H]([C@@H](C)O)NC1=O. The van der Waals surface area contributed by atoms with Gasteiger partial charge in [-0.15, -0.1) is 11.8 Å². The minimum absolute atomic E-state index is 0.0987. The minimum atomic E-state index is -2.38. The number of phenolic OH excluding ortho intramolecular Hbond substituents is 1. The Kier molecular flexibility index (Phi) is 26.1. The van der Waals surface area contributed by atoms with Crippen molar-refractivity contribution in [2.75, 3.05) is 18.8 Å². The maximum atomic E-state index is 14.6. The van der Waals surface area contributed by atoms with E-state index in [1.165, 1.54) is 6.42 Å². The van der Waals surface area contributed by atoms with Crippen molar-refractivity contribution in [2.24, 2.45) is 17.6 Å². The van der Waals surface area contributed by atoms with Crippen LogP contribution in [0.2, 0.25) is 0 Å². The van der Waals surface area contributed by atoms with Gasteiger partial charge in [0.15, 0.2) is 0 Å². The molecule has 16 atom stereocenters. The van der Waals surface area contributed by atoms with Gasteiger partial charge in [-0.25, -0.2) is 0 Å². The first-order valence-electron chi connectivity index (χ1n) is 27.0. The molecule has 3 fully saturated rings. The molecule has 1 aromatic carbocycles. The summed E-state index contributed by atoms with van der Waals surface area (Å²) in [5, 5.41) is 109. The lowest BCUT2D eigenvalue weighted by Crippen LogP contribution is -2.64. The molecule has 0 saturated carbocycles. The van der Waals surface area contributed by atoms with E-state index in [0.717, 1.165) is 74.6 Å². The van der Waals surface area contributed by atoms with Crippen LogP contribution in [0.25, 0.3) is 0 Å². The summed E-state index contributed by atoms with van der Waals surface area (Å²) >= 11 is 0.440. The molecule has 2 unspecified atom stereocenters. The number of nitrogens with zero attached hydrogens (tertiary/aromatic N) is 2. The summed E-state index contributed by atoms with van der Waals surface area (Å²) in [6.07, 6.45) is -8.01. The Morgan fingerprint density at radius 3 is 1.97 bits per heavy atom. The maximum Gasteiger partial charge on any atom is 0.313 e. The summed E-state index contributed by atoms with van der Waals surface area (Å²) in [5.41, 5.74) is 5.23. The fraction of sp³-hybridized carbons (Fsp3) is 0.712. The average Bonchev–Trinajstić information content (AvgIpc) is 4.00. The van der Waals surface area contributed by atoms with Crippen LogP contribution in [-0.2, 0) is 43.2 Å². The highest BCUT2D eigenvalue weighted by Gasteiger charge is 2.49. The van der Waals surface area contributed by atoms with Crippen molar-refractivity contribution in [3.05, 3.63) is 29.8 Å². The Bertz CT molecular complexity index is 2250. The highest BCUT2D eigenvalue weighted by molar-refractivity contribution is 8.00. The van der Waals surface area contributed by atoms with Crippen molar-refractivity contribution < 1.29 is 89.1 Å². The van der Waals surface area contributed by atoms with Crippen LogP contribution in [0.3, 0.4) is 0 Å². The number of hydrogen-bond donors (Lipinski definition) is 15. The summed E-state index contributed by atoms with van der Waals surface area (Å²) in [5.74, 6) is -10.8. The van der Waals surface area contributed by atoms with Gasteiger partial charge >= 0.3 is 5.97 Å². The predicted molar refractivity (Wildman–Crippen MR) is 283 cm³/mol. The van der Waals surface area contributed by atoms with E-state index in [0.29, 0.717) is 41.3 Å². The quantitative estimate of drug-likeness (QED) is 0.0503. The number of rotatable bonds is 23. The number of phenols is 1. The third-order valence-electron chi connectivity index (χ3n) is 14.7. The molecule has 16 N–H and O–H groups in total. The highest BCUT2D eigenvalue weighted by Crippen LogP contribution is 2.28. The number of carbonyl (C=O) groups is 9. The number of carbonyl (C=O) groups excluding carboxylic acids is 8. The second-order valence-corrected chi connectivity index (χ2v) is 22.4. The summed E-state index contributed by atoms with van der Waals surface area (Å²) in [6, 6.07) is -7.50. The molecule has 26 nitrogen and oxygen atoms in total. The first-order valence-corrected chi connectivity index (χ1v) is 28.1. The molecule has 0 bridgehead atoms. The van der Waals surface area contributed by atoms with Crippen molar-refractivity contribution >= 4 is 65.0 Å². The standard InChI is InChI=1S/C52H82N8O18S/c1-5-26(2)20-27(3)12-10-8-6-7-9-11-13-38(68)54-32-22-36(66)50(79-25-39(69)70)58-49(76)43-34(64)18-19-59(43)52(78)41(35(65)23-37(53)67)56-48(75)42(45(72)44(71)29-14-16-30(62)17-15-29)57-47(74)33-21-31(63)24-60(33)51(77)40(28(4)61)55-46(32)73/h14-17,26-28,31-36,40-45,50,61-66,71-72H,5-13,18-25H2,1-4H3,(H2,53,67)(H,54,68)(H,55,73)(H,56,75)(H,57,74)(H,58,76)(H,69,70)/t26?,27?,28-,31-,32+,33+,34+,35-,36-,40+,41+,42+,43+,44+,45+,50-/m1/s1. The van der Waals surface area contributed by atoms with Gasteiger partial charge < -0.3 is 88.1 Å². The number of aliphatic carboxylic acids is 1. The third kappa shape index (κ3) is 19.5. The van der Waals surface area contributed by atoms with Gasteiger partial charge in [0.1, 0.15) is 59.6 Å². The smallest absolute Gasteiger partial charge is 0.313 e. The molecule has 0 spiro atoms. The van der Waals surface area contributed by atoms with Crippen LogP contribution in [0.1, 0.15) is 129 Å². The zero-order chi connectivity index (χ0) is 58.8. The van der Waals surface area contributed by atoms with Gasteiger partial charge in [0, 0.05) is 32.4 Å². The largest absolute Gasteiger partial charge is 0.508 e. The van der Waals surface area contributed by atoms with Gasteiger partial charge in [0.05, 0.1) is 42.7 Å². The average molecular weight is 1140 g/mol. The lowest BCUT2D eigenvalue weighted by Gasteiger charge is -2.34. The van der Waals surface area contributed by atoms with E-state index in [1.54, 1.807) is 0 Å². The number of carboxylic acid groups (broad SMARTS) is 1. The van der Waals surface area contributed by atoms with Crippen molar-refractivity contribution in [1.29, 1.82) is 0 Å². The number of thioether (sulfide) groups is 1. The molecule has 0 radical (unpaired) electrons. The van der Waals surface area contributed by atoms with Crippen LogP contribution in [0.5, 0.6) is 5.75 Å². The first-order chi connectivity index (χ1) is 37.2. The van der Waals surface area contributed by atoms with E-state index in [4.69, 9.17) is 5.73 Å². The zero-order valence-corrected chi connectivity index (χ0v) is 46.0. The number of nitrogens with two attached hydrogens (primary N) is 1. The number of unbranched alkanes of at least 4 members (excludes halogenated alkanes) is 5. The van der Waals surface area contributed by atoms with Gasteiger partial charge in [-0.3, -0.25) is 43.2 Å². The zero-order valence-electron chi connectivity index (χ0n) is 45.1. The van der Waals surface area contributed by atoms with Crippen LogP contribution in [-0.4, -0.2) is 206 Å². The van der Waals surface area contributed by atoms with E-state index < -0.39 is 176 Å². The molecule has 3 aliphatic heterocycles. The predicted octanol–water partition coefficient (Wildman–Crippen LogP) is -2.52. The molecule has 79 heavy (non-hydrogen) atoms. The van der Waals surface area contributed by atoms with Crippen LogP contribution in [0.4, 0.5) is 0 Å². The number of benzene rings is 1. The number of primary amides is 1. The molecule has 0 aromatic heterocycles. The number of hydrogen-bond acceptors (Lipinski definition) is 18. The molecule has 4 rings (SSSR count). The van der Waals surface area contributed by atoms with Crippen molar-refractivity contribution in [3.8, 4) is 5.75 Å². The molecule has 3 saturated heterocycles. The Balaban J connectivity index is 1.76. The topological polar surface area (TPSA) is 428 Å². The van der Waals surface area contributed by atoms with Crippen LogP contribution in [0.15, 0.2) is 24.3 Å². The molecule has 444 valence electrons. The Morgan fingerprint density at radius 1 is 0.747 bits per heavy atom. The number of amides is 8. The van der Waals surface area contributed by atoms with E-state index in [-0.39, 0.29) is 24.2 Å². The second kappa shape index (κ2) is 31.4. The summed E-state index contributed by atoms with van der Waals surface area (Å²) in [6.45, 7) is 6.70. The summed E-state index contributed by atoms with van der Waals surface area (Å²) < 4.78 is 0. The highest BCUT2D eigenvalue weighted by atomic mass is 32.2. The maximum absolute atomic E-state index is 14.6. The third-order valence-corrected chi connectivity index (χ3v) is 15.9. The molecular formula is C52H82N8O18S. The van der Waals surface area contributed by atoms with E-state index in [1.807, 2.05) is 0 Å². The second-order valence-electron chi connectivity index (χ2n) is 21.3. The molecule has 0 aliphatic carbocycles. The van der Waals surface area contributed by atoms with E-state index in [9.17, 15) is 89.1 Å². The van der Waals surface area contributed by atoms with Crippen LogP contribution < -0.4 is 32.3 Å². The first kappa shape index (κ1) is 65.8. The molecule has 1 aromatic rings. The lowest BCUT2D eigenvalue weighted by molar-refractivity contribution is -0.148. The van der Waals surface area contributed by atoms with Crippen LogP contribution >= 0.6 is 11.8 Å². The van der Waals surface area contributed by atoms with Gasteiger partial charge in [-0.05, 0) is 55.7 Å². The number of aliphatic hydroxyl groups excluding tert-OH is 7. The van der Waals surface area contributed by atoms with Crippen LogP contribution in [0, 0.1) is 11.8 Å². The molecule has 8 amide bonds. The fourth-order valence-corrected chi connectivity index (χ4v) is 11.0. The molecule has 27 heteroatoms. The summed E-state index contributed by atoms with van der Waals surface area (Å²) in [7, 11) is 0. The minimum Gasteiger partial charge on any atom is -0.508 e. The number of fused-ring (bicyclic) bond motifs is 2. The summed E-state index contributed by atoms with van der Waals surface area (Å²) in [4.78, 5) is 126. The lowest BCUT2D eigenvalue weighted by atomic mass is 9.91. The molecule has 3 heterocycles. The number of nitrogens with one attached hydrogen (secondary N) is 5.